The molecule has 29 heavy (non-hydrogen) atoms. The van der Waals surface area contributed by atoms with E-state index in [9.17, 15) is 18.0 Å². The summed E-state index contributed by atoms with van der Waals surface area (Å²) in [5, 5.41) is 0. The Hall–Kier alpha value is -3.48. The van der Waals surface area contributed by atoms with E-state index in [-0.39, 0.29) is 0 Å². The molecule has 148 valence electrons. The topological polar surface area (TPSA) is 38.8 Å². The second-order valence-electron chi connectivity index (χ2n) is 6.59. The van der Waals surface area contributed by atoms with E-state index in [2.05, 4.69) is 0 Å². The zero-order valence-electron chi connectivity index (χ0n) is 15.6. The van der Waals surface area contributed by atoms with Gasteiger partial charge in [-0.15, -0.1) is 0 Å². The first kappa shape index (κ1) is 18.9. The van der Waals surface area contributed by atoms with Gasteiger partial charge in [-0.05, 0) is 35.4 Å². The van der Waals surface area contributed by atoms with Crippen LogP contribution >= 0.6 is 0 Å². The molecule has 0 saturated carbocycles. The molecule has 4 nitrogen and oxygen atoms in total. The monoisotopic (exact) mass is 399 g/mol. The average Bonchev–Trinajstić information content (AvgIpc) is 2.72. The quantitative estimate of drug-likeness (QED) is 0.356. The van der Waals surface area contributed by atoms with Crippen LogP contribution in [-0.4, -0.2) is 20.1 Å². The molecular formula is C22H16F3NO3. The highest BCUT2D eigenvalue weighted by molar-refractivity contribution is 5.92. The Labute approximate surface area is 165 Å². The van der Waals surface area contributed by atoms with Crippen LogP contribution in [0.4, 0.5) is 24.5 Å². The summed E-state index contributed by atoms with van der Waals surface area (Å²) >= 11 is 0. The number of halogens is 3. The highest BCUT2D eigenvalue weighted by Gasteiger charge is 2.35. The average molecular weight is 399 g/mol. The first-order valence-corrected chi connectivity index (χ1v) is 8.77. The van der Waals surface area contributed by atoms with Crippen molar-refractivity contribution in [2.75, 3.05) is 19.1 Å². The lowest BCUT2D eigenvalue weighted by atomic mass is 9.85. The fraction of sp³-hybridized carbons (Fsp3) is 0.136. The van der Waals surface area contributed by atoms with E-state index < -0.39 is 35.1 Å². The Morgan fingerprint density at radius 3 is 2.34 bits per heavy atom. The first-order chi connectivity index (χ1) is 13.9. The highest BCUT2D eigenvalue weighted by Crippen LogP contribution is 2.46. The Balaban J connectivity index is 1.82. The maximum absolute atomic E-state index is 14.0. The van der Waals surface area contributed by atoms with E-state index in [0.29, 0.717) is 29.0 Å². The maximum atomic E-state index is 14.0. The third-order valence-electron chi connectivity index (χ3n) is 4.94. The summed E-state index contributed by atoms with van der Waals surface area (Å²) in [5.41, 5.74) is 2.76. The molecule has 0 N–H and O–H groups in total. The van der Waals surface area contributed by atoms with Crippen molar-refractivity contribution in [2.45, 2.75) is 5.92 Å². The molecular weight excluding hydrogens is 383 g/mol. The molecule has 0 spiro atoms. The molecule has 3 aromatic carbocycles. The van der Waals surface area contributed by atoms with Gasteiger partial charge in [0, 0.05) is 30.6 Å². The van der Waals surface area contributed by atoms with Gasteiger partial charge in [-0.3, -0.25) is 4.79 Å². The maximum Gasteiger partial charge on any atom is 0.323 e. The Kier molecular flexibility index (Phi) is 4.66. The number of fused-ring (bicyclic) bond motifs is 2. The molecule has 0 bridgehead atoms. The van der Waals surface area contributed by atoms with Crippen LogP contribution in [0.2, 0.25) is 0 Å². The molecule has 0 radical (unpaired) electrons. The first-order valence-electron chi connectivity index (χ1n) is 8.77. The van der Waals surface area contributed by atoms with E-state index in [4.69, 9.17) is 9.47 Å². The molecule has 1 unspecified atom stereocenters. The van der Waals surface area contributed by atoms with Gasteiger partial charge in [0.25, 0.3) is 0 Å². The second-order valence-corrected chi connectivity index (χ2v) is 6.59. The summed E-state index contributed by atoms with van der Waals surface area (Å²) in [7, 11) is 3.37. The van der Waals surface area contributed by atoms with Crippen molar-refractivity contribution in [3.05, 3.63) is 83.2 Å². The number of carbonyl (C=O) groups is 1. The van der Waals surface area contributed by atoms with Gasteiger partial charge < -0.3 is 14.4 Å². The normalized spacial score (nSPS) is 14.8. The summed E-state index contributed by atoms with van der Waals surface area (Å²) in [6.07, 6.45) is 0. The zero-order valence-corrected chi connectivity index (χ0v) is 15.6. The molecule has 0 amide bonds. The number of rotatable bonds is 3. The number of esters is 1. The van der Waals surface area contributed by atoms with Crippen molar-refractivity contribution in [2.24, 2.45) is 0 Å². The minimum atomic E-state index is -1.36. The number of carbonyl (C=O) groups excluding carboxylic acids is 1. The third kappa shape index (κ3) is 3.18. The lowest BCUT2D eigenvalue weighted by Crippen LogP contribution is -2.28. The predicted octanol–water partition coefficient (Wildman–Crippen LogP) is 4.93. The number of methoxy groups -OCH3 is 1. The molecule has 7 heteroatoms. The van der Waals surface area contributed by atoms with E-state index in [1.54, 1.807) is 24.3 Å². The highest BCUT2D eigenvalue weighted by atomic mass is 19.2. The van der Waals surface area contributed by atoms with Crippen LogP contribution < -0.4 is 14.4 Å². The van der Waals surface area contributed by atoms with Gasteiger partial charge in [-0.2, -0.15) is 0 Å². The predicted molar refractivity (Wildman–Crippen MR) is 101 cm³/mol. The van der Waals surface area contributed by atoms with Gasteiger partial charge in [0.05, 0.1) is 7.11 Å². The largest absolute Gasteiger partial charge is 0.497 e. The van der Waals surface area contributed by atoms with Crippen LogP contribution in [-0.2, 0) is 4.79 Å². The van der Waals surface area contributed by atoms with Crippen LogP contribution in [0.25, 0.3) is 0 Å². The van der Waals surface area contributed by atoms with Crippen molar-refractivity contribution >= 4 is 17.3 Å². The third-order valence-corrected chi connectivity index (χ3v) is 4.94. The van der Waals surface area contributed by atoms with Crippen LogP contribution in [0.3, 0.4) is 0 Å². The van der Waals surface area contributed by atoms with Crippen molar-refractivity contribution in [1.82, 2.24) is 0 Å². The summed E-state index contributed by atoms with van der Waals surface area (Å²) in [5.74, 6) is -5.68. The summed E-state index contributed by atoms with van der Waals surface area (Å²) in [6, 6.07) is 13.4. The van der Waals surface area contributed by atoms with Crippen molar-refractivity contribution < 1.29 is 27.4 Å². The number of hydrogen-bond donors (Lipinski definition) is 0. The Morgan fingerprint density at radius 1 is 0.897 bits per heavy atom. The number of para-hydroxylation sites is 1. The molecule has 0 fully saturated rings. The Morgan fingerprint density at radius 2 is 1.59 bits per heavy atom. The van der Waals surface area contributed by atoms with Crippen LogP contribution in [0, 0.1) is 17.5 Å². The molecule has 1 heterocycles. The van der Waals surface area contributed by atoms with Crippen LogP contribution in [0.1, 0.15) is 17.0 Å². The lowest BCUT2D eigenvalue weighted by Gasteiger charge is -2.34. The smallest absolute Gasteiger partial charge is 0.323 e. The molecule has 1 aliphatic rings. The van der Waals surface area contributed by atoms with Crippen LogP contribution in [0.5, 0.6) is 11.5 Å². The van der Waals surface area contributed by atoms with Crippen molar-refractivity contribution in [1.29, 1.82) is 0 Å². The lowest BCUT2D eigenvalue weighted by molar-refractivity contribution is -0.135. The minimum Gasteiger partial charge on any atom is -0.497 e. The van der Waals surface area contributed by atoms with E-state index >= 15 is 0 Å². The van der Waals surface area contributed by atoms with Crippen molar-refractivity contribution in [3.8, 4) is 11.5 Å². The summed E-state index contributed by atoms with van der Waals surface area (Å²) < 4.78 is 51.2. The molecule has 0 aromatic heterocycles. The summed E-state index contributed by atoms with van der Waals surface area (Å²) in [6.45, 7) is 0. The van der Waals surface area contributed by atoms with E-state index in [1.165, 1.54) is 7.11 Å². The molecule has 3 aromatic rings. The van der Waals surface area contributed by atoms with E-state index in [1.807, 2.05) is 30.1 Å². The number of benzene rings is 3. The molecule has 0 saturated heterocycles. The van der Waals surface area contributed by atoms with Gasteiger partial charge in [0.15, 0.2) is 23.2 Å². The molecule has 0 aliphatic carbocycles. The fourth-order valence-corrected chi connectivity index (χ4v) is 3.53. The fourth-order valence-electron chi connectivity index (χ4n) is 3.53. The number of nitrogens with zero attached hydrogens (tertiary/aromatic N) is 1. The number of ether oxygens (including phenoxy) is 2. The van der Waals surface area contributed by atoms with Crippen molar-refractivity contribution in [3.63, 3.8) is 0 Å². The Bertz CT molecular complexity index is 1120. The minimum absolute atomic E-state index is 0.345. The standard InChI is InChI=1S/C22H16F3NO3/c1-26-18-6-4-3-5-13(18)21(14-9-12(28-2)7-8-19(14)26)22(27)29-20-11-16(24)15(23)10-17(20)25/h3-11,21H,1-2H3. The zero-order chi connectivity index (χ0) is 20.7. The van der Waals surface area contributed by atoms with E-state index in [0.717, 1.165) is 11.4 Å². The summed E-state index contributed by atoms with van der Waals surface area (Å²) in [4.78, 5) is 15.0. The number of hydrogen-bond acceptors (Lipinski definition) is 4. The van der Waals surface area contributed by atoms with Gasteiger partial charge in [-0.1, -0.05) is 18.2 Å². The second kappa shape index (κ2) is 7.16. The molecule has 4 rings (SSSR count). The van der Waals surface area contributed by atoms with Gasteiger partial charge in [0.2, 0.25) is 0 Å². The van der Waals surface area contributed by atoms with Gasteiger partial charge >= 0.3 is 5.97 Å². The number of anilines is 2. The molecule has 1 atom stereocenters. The van der Waals surface area contributed by atoms with Gasteiger partial charge in [0.1, 0.15) is 11.7 Å². The molecule has 1 aliphatic heterocycles. The van der Waals surface area contributed by atoms with Crippen LogP contribution in [0.15, 0.2) is 54.6 Å². The SMILES string of the molecule is COc1ccc2c(c1)C(C(=O)Oc1cc(F)c(F)cc1F)c1ccccc1N2C. The van der Waals surface area contributed by atoms with Gasteiger partial charge in [-0.25, -0.2) is 13.2 Å².